The van der Waals surface area contributed by atoms with Gasteiger partial charge in [0.05, 0.1) is 11.6 Å². The molecule has 3 aromatic rings. The molecule has 0 bridgehead atoms. The van der Waals surface area contributed by atoms with Crippen LogP contribution in [0.5, 0.6) is 0 Å². The van der Waals surface area contributed by atoms with E-state index in [1.54, 1.807) is 12.1 Å². The summed E-state index contributed by atoms with van der Waals surface area (Å²) in [7, 11) is 5.74. The van der Waals surface area contributed by atoms with Gasteiger partial charge >= 0.3 is 6.18 Å². The van der Waals surface area contributed by atoms with Crippen LogP contribution < -0.4 is 5.32 Å². The fourth-order valence-corrected chi connectivity index (χ4v) is 5.54. The van der Waals surface area contributed by atoms with Crippen molar-refractivity contribution in [3.8, 4) is 0 Å². The number of nitrogens with zero attached hydrogens (tertiary/aromatic N) is 3. The summed E-state index contributed by atoms with van der Waals surface area (Å²) in [4.78, 5) is 6.51. The van der Waals surface area contributed by atoms with Crippen LogP contribution in [0.15, 0.2) is 66.7 Å². The zero-order chi connectivity index (χ0) is 28.2. The largest absolute Gasteiger partial charge is 0.416 e. The summed E-state index contributed by atoms with van der Waals surface area (Å²) >= 11 is 12.3. The maximum Gasteiger partial charge on any atom is 0.416 e. The molecule has 0 amide bonds. The second-order valence-electron chi connectivity index (χ2n) is 10.3. The van der Waals surface area contributed by atoms with Crippen LogP contribution in [0.3, 0.4) is 0 Å². The summed E-state index contributed by atoms with van der Waals surface area (Å²) in [5, 5.41) is 4.58. The third-order valence-corrected chi connectivity index (χ3v) is 7.77. The van der Waals surface area contributed by atoms with Gasteiger partial charge in [0.2, 0.25) is 0 Å². The molecule has 1 unspecified atom stereocenters. The van der Waals surface area contributed by atoms with Crippen molar-refractivity contribution in [2.75, 3.05) is 53.9 Å². The molecule has 0 radical (unpaired) electrons. The van der Waals surface area contributed by atoms with Gasteiger partial charge in [0.25, 0.3) is 0 Å². The first kappa shape index (κ1) is 29.8. The SMILES string of the molecule is CNC(CN(C)C)c1ccc(C(F)(F)F)c(CN2CCN(C(c3ccc(Cl)cc3)c3ccc(Cl)cc3)CC2)c1. The average Bonchev–Trinajstić information content (AvgIpc) is 2.90. The highest BCUT2D eigenvalue weighted by atomic mass is 35.5. The van der Waals surface area contributed by atoms with E-state index in [0.29, 0.717) is 35.2 Å². The Morgan fingerprint density at radius 2 is 1.33 bits per heavy atom. The van der Waals surface area contributed by atoms with Gasteiger partial charge in [-0.1, -0.05) is 59.6 Å². The summed E-state index contributed by atoms with van der Waals surface area (Å²) in [6, 6.07) is 20.2. The normalized spacial score (nSPS) is 16.3. The molecule has 4 nitrogen and oxygen atoms in total. The second-order valence-corrected chi connectivity index (χ2v) is 11.2. The summed E-state index contributed by atoms with van der Waals surface area (Å²) in [5.74, 6) is 0. The van der Waals surface area contributed by atoms with Gasteiger partial charge in [-0.05, 0) is 73.7 Å². The van der Waals surface area contributed by atoms with Crippen molar-refractivity contribution in [3.63, 3.8) is 0 Å². The number of piperazine rings is 1. The van der Waals surface area contributed by atoms with Crippen molar-refractivity contribution in [2.24, 2.45) is 0 Å². The Morgan fingerprint density at radius 1 is 0.821 bits per heavy atom. The summed E-state index contributed by atoms with van der Waals surface area (Å²) < 4.78 is 41.9. The Balaban J connectivity index is 1.54. The van der Waals surface area contributed by atoms with E-state index < -0.39 is 11.7 Å². The topological polar surface area (TPSA) is 21.8 Å². The highest BCUT2D eigenvalue weighted by Gasteiger charge is 2.35. The number of nitrogens with one attached hydrogen (secondary N) is 1. The van der Waals surface area contributed by atoms with E-state index in [9.17, 15) is 13.2 Å². The number of hydrogen-bond acceptors (Lipinski definition) is 4. The molecule has 0 aliphatic carbocycles. The molecule has 0 saturated carbocycles. The number of alkyl halides is 3. The third kappa shape index (κ3) is 7.75. The Bertz CT molecular complexity index is 1160. The minimum atomic E-state index is -4.40. The van der Waals surface area contributed by atoms with E-state index in [0.717, 1.165) is 29.8 Å². The number of likely N-dealkylation sites (N-methyl/N-ethyl adjacent to an activating group) is 2. The molecule has 0 aromatic heterocycles. The predicted molar refractivity (Wildman–Crippen MR) is 153 cm³/mol. The van der Waals surface area contributed by atoms with Crippen molar-refractivity contribution >= 4 is 23.2 Å². The fraction of sp³-hybridized carbons (Fsp3) is 0.400. The van der Waals surface area contributed by atoms with Crippen molar-refractivity contribution in [3.05, 3.63) is 105 Å². The molecule has 1 N–H and O–H groups in total. The summed E-state index contributed by atoms with van der Waals surface area (Å²) in [5.41, 5.74) is 2.84. The van der Waals surface area contributed by atoms with Gasteiger partial charge < -0.3 is 10.2 Å². The van der Waals surface area contributed by atoms with Crippen LogP contribution in [0.4, 0.5) is 13.2 Å². The molecule has 4 rings (SSSR count). The third-order valence-electron chi connectivity index (χ3n) is 7.27. The smallest absolute Gasteiger partial charge is 0.312 e. The van der Waals surface area contributed by atoms with Crippen LogP contribution in [0.1, 0.15) is 39.9 Å². The molecule has 39 heavy (non-hydrogen) atoms. The number of benzene rings is 3. The van der Waals surface area contributed by atoms with Gasteiger partial charge in [-0.3, -0.25) is 9.80 Å². The number of rotatable bonds is 9. The van der Waals surface area contributed by atoms with E-state index in [1.807, 2.05) is 74.6 Å². The molecule has 0 spiro atoms. The maximum atomic E-state index is 14.0. The van der Waals surface area contributed by atoms with Gasteiger partial charge in [-0.15, -0.1) is 0 Å². The van der Waals surface area contributed by atoms with E-state index in [1.165, 1.54) is 6.07 Å². The van der Waals surface area contributed by atoms with Gasteiger partial charge in [0, 0.05) is 55.4 Å². The fourth-order valence-electron chi connectivity index (χ4n) is 5.29. The van der Waals surface area contributed by atoms with Crippen LogP contribution in [0, 0.1) is 0 Å². The van der Waals surface area contributed by atoms with E-state index in [-0.39, 0.29) is 18.6 Å². The average molecular weight is 580 g/mol. The highest BCUT2D eigenvalue weighted by Crippen LogP contribution is 2.35. The molecule has 1 fully saturated rings. The molecule has 1 heterocycles. The summed E-state index contributed by atoms with van der Waals surface area (Å²) in [6.45, 7) is 3.70. The minimum Gasteiger partial charge on any atom is -0.312 e. The Hall–Kier alpha value is -2.13. The monoisotopic (exact) mass is 578 g/mol. The molecular formula is C30H35Cl2F3N4. The molecule has 1 aliphatic heterocycles. The van der Waals surface area contributed by atoms with Crippen LogP contribution in [0.2, 0.25) is 10.0 Å². The number of hydrogen-bond donors (Lipinski definition) is 1. The standard InChI is InChI=1S/C30H35Cl2F3N4/c1-36-28(20-37(2)3)23-8-13-27(30(33,34)35)24(18-23)19-38-14-16-39(17-15-38)29(21-4-9-25(31)10-5-21)22-6-11-26(32)12-7-22/h4-13,18,28-29,36H,14-17,19-20H2,1-3H3. The zero-order valence-electron chi connectivity index (χ0n) is 22.5. The maximum absolute atomic E-state index is 14.0. The van der Waals surface area contributed by atoms with Gasteiger partial charge in [0.15, 0.2) is 0 Å². The van der Waals surface area contributed by atoms with Gasteiger partial charge in [0.1, 0.15) is 0 Å². The van der Waals surface area contributed by atoms with Crippen molar-refractivity contribution in [1.82, 2.24) is 20.0 Å². The lowest BCUT2D eigenvalue weighted by molar-refractivity contribution is -0.138. The van der Waals surface area contributed by atoms with Gasteiger partial charge in [-0.25, -0.2) is 0 Å². The van der Waals surface area contributed by atoms with Crippen molar-refractivity contribution in [1.29, 1.82) is 0 Å². The van der Waals surface area contributed by atoms with Gasteiger partial charge in [-0.2, -0.15) is 13.2 Å². The molecule has 1 aliphatic rings. The molecule has 1 atom stereocenters. The predicted octanol–water partition coefficient (Wildman–Crippen LogP) is 6.74. The first-order chi connectivity index (χ1) is 18.5. The minimum absolute atomic E-state index is 0.00170. The van der Waals surface area contributed by atoms with E-state index >= 15 is 0 Å². The molecule has 1 saturated heterocycles. The zero-order valence-corrected chi connectivity index (χ0v) is 24.0. The van der Waals surface area contributed by atoms with Crippen LogP contribution in [-0.2, 0) is 12.7 Å². The van der Waals surface area contributed by atoms with Crippen LogP contribution >= 0.6 is 23.2 Å². The molecular weight excluding hydrogens is 544 g/mol. The Kier molecular flexibility index (Phi) is 9.97. The summed E-state index contributed by atoms with van der Waals surface area (Å²) in [6.07, 6.45) is -4.40. The second kappa shape index (κ2) is 13.0. The number of halogens is 5. The van der Waals surface area contributed by atoms with E-state index in [4.69, 9.17) is 23.2 Å². The first-order valence-corrected chi connectivity index (χ1v) is 13.8. The molecule has 3 aromatic carbocycles. The lowest BCUT2D eigenvalue weighted by atomic mass is 9.96. The quantitative estimate of drug-likeness (QED) is 0.303. The Labute approximate surface area is 239 Å². The van der Waals surface area contributed by atoms with Crippen LogP contribution in [-0.4, -0.2) is 68.6 Å². The van der Waals surface area contributed by atoms with Crippen molar-refractivity contribution in [2.45, 2.75) is 24.8 Å². The molecule has 210 valence electrons. The van der Waals surface area contributed by atoms with E-state index in [2.05, 4.69) is 15.1 Å². The lowest BCUT2D eigenvalue weighted by Gasteiger charge is -2.40. The van der Waals surface area contributed by atoms with Crippen molar-refractivity contribution < 1.29 is 13.2 Å². The lowest BCUT2D eigenvalue weighted by Crippen LogP contribution is -2.47. The molecule has 9 heteroatoms. The Morgan fingerprint density at radius 3 is 1.79 bits per heavy atom. The first-order valence-electron chi connectivity index (χ1n) is 13.0. The highest BCUT2D eigenvalue weighted by molar-refractivity contribution is 6.30. The van der Waals surface area contributed by atoms with Crippen LogP contribution in [0.25, 0.3) is 0 Å².